The molecule has 0 aliphatic heterocycles. The summed E-state index contributed by atoms with van der Waals surface area (Å²) in [5.41, 5.74) is 3.47. The highest BCUT2D eigenvalue weighted by atomic mass is 16.1. The summed E-state index contributed by atoms with van der Waals surface area (Å²) in [6.45, 7) is 2.03. The number of aromatic nitrogens is 3. The van der Waals surface area contributed by atoms with Gasteiger partial charge in [-0.25, -0.2) is 5.43 Å². The minimum absolute atomic E-state index is 0.169. The molecular weight excluding hydrogens is 230 g/mol. The molecule has 0 saturated heterocycles. The quantitative estimate of drug-likeness (QED) is 0.627. The molecule has 1 heterocycles. The molecule has 18 heavy (non-hydrogen) atoms. The molecule has 0 fully saturated rings. The SMILES string of the molecule is C[C@H](/C=N\Nc1nncc(=O)[nH]1)c1ccccc1. The van der Waals surface area contributed by atoms with E-state index < -0.39 is 0 Å². The topological polar surface area (TPSA) is 83.0 Å². The van der Waals surface area contributed by atoms with E-state index in [1.165, 1.54) is 0 Å². The molecule has 0 aliphatic carbocycles. The third kappa shape index (κ3) is 3.24. The second kappa shape index (κ2) is 5.72. The second-order valence-electron chi connectivity index (χ2n) is 3.77. The number of nitrogens with zero attached hydrogens (tertiary/aromatic N) is 3. The molecule has 1 aromatic heterocycles. The van der Waals surface area contributed by atoms with Crippen LogP contribution in [0.5, 0.6) is 0 Å². The van der Waals surface area contributed by atoms with Gasteiger partial charge >= 0.3 is 0 Å². The number of anilines is 1. The van der Waals surface area contributed by atoms with E-state index in [9.17, 15) is 4.79 Å². The van der Waals surface area contributed by atoms with Gasteiger partial charge in [0.25, 0.3) is 5.56 Å². The zero-order valence-corrected chi connectivity index (χ0v) is 9.87. The molecule has 1 atom stereocenters. The molecule has 0 saturated carbocycles. The van der Waals surface area contributed by atoms with Gasteiger partial charge in [-0.1, -0.05) is 37.3 Å². The van der Waals surface area contributed by atoms with Crippen LogP contribution in [0.2, 0.25) is 0 Å². The van der Waals surface area contributed by atoms with Gasteiger partial charge in [-0.3, -0.25) is 9.78 Å². The number of hydrogen-bond donors (Lipinski definition) is 2. The van der Waals surface area contributed by atoms with Crippen molar-refractivity contribution in [3.8, 4) is 0 Å². The minimum Gasteiger partial charge on any atom is -0.289 e. The predicted molar refractivity (Wildman–Crippen MR) is 69.6 cm³/mol. The maximum absolute atomic E-state index is 11.0. The van der Waals surface area contributed by atoms with Crippen molar-refractivity contribution in [2.45, 2.75) is 12.8 Å². The Morgan fingerprint density at radius 3 is 2.89 bits per heavy atom. The van der Waals surface area contributed by atoms with Gasteiger partial charge in [0, 0.05) is 12.1 Å². The second-order valence-corrected chi connectivity index (χ2v) is 3.77. The van der Waals surface area contributed by atoms with Crippen LogP contribution in [0.1, 0.15) is 18.4 Å². The first kappa shape index (κ1) is 12.0. The smallest absolute Gasteiger partial charge is 0.271 e. The Balaban J connectivity index is 1.98. The lowest BCUT2D eigenvalue weighted by atomic mass is 10.0. The standard InChI is InChI=1S/C12H13N5O/c1-9(10-5-3-2-4-6-10)7-13-16-12-15-11(18)8-14-17-12/h2-9H,1H3,(H2,15,16,17,18)/b13-7-/t9-/m1/s1. The Morgan fingerprint density at radius 2 is 2.17 bits per heavy atom. The molecule has 0 spiro atoms. The maximum Gasteiger partial charge on any atom is 0.271 e. The average Bonchev–Trinajstić information content (AvgIpc) is 2.40. The number of nitrogens with one attached hydrogen (secondary N) is 2. The summed E-state index contributed by atoms with van der Waals surface area (Å²) in [6, 6.07) is 9.98. The highest BCUT2D eigenvalue weighted by molar-refractivity contribution is 5.67. The molecular formula is C12H13N5O. The largest absolute Gasteiger partial charge is 0.289 e. The van der Waals surface area contributed by atoms with E-state index in [1.54, 1.807) is 6.21 Å². The maximum atomic E-state index is 11.0. The van der Waals surface area contributed by atoms with Crippen molar-refractivity contribution in [2.75, 3.05) is 5.43 Å². The molecule has 0 radical (unpaired) electrons. The van der Waals surface area contributed by atoms with E-state index >= 15 is 0 Å². The van der Waals surface area contributed by atoms with Gasteiger partial charge in [0.2, 0.25) is 5.95 Å². The summed E-state index contributed by atoms with van der Waals surface area (Å²) in [4.78, 5) is 13.4. The normalized spacial score (nSPS) is 12.5. The molecule has 2 rings (SSSR count). The van der Waals surface area contributed by atoms with Gasteiger partial charge < -0.3 is 0 Å². The van der Waals surface area contributed by atoms with Crippen LogP contribution in [0.25, 0.3) is 0 Å². The van der Waals surface area contributed by atoms with Crippen molar-refractivity contribution in [2.24, 2.45) is 5.10 Å². The zero-order chi connectivity index (χ0) is 12.8. The Bertz CT molecular complexity index is 578. The predicted octanol–water partition coefficient (Wildman–Crippen LogP) is 1.37. The summed E-state index contributed by atoms with van der Waals surface area (Å²) in [7, 11) is 0. The number of benzene rings is 1. The van der Waals surface area contributed by atoms with Gasteiger partial charge in [-0.05, 0) is 5.56 Å². The van der Waals surface area contributed by atoms with E-state index in [0.29, 0.717) is 0 Å². The van der Waals surface area contributed by atoms with Crippen molar-refractivity contribution >= 4 is 12.2 Å². The van der Waals surface area contributed by atoms with Crippen LogP contribution >= 0.6 is 0 Å². The summed E-state index contributed by atoms with van der Waals surface area (Å²) in [5.74, 6) is 0.390. The zero-order valence-electron chi connectivity index (χ0n) is 9.87. The van der Waals surface area contributed by atoms with Crippen LogP contribution in [0.3, 0.4) is 0 Å². The highest BCUT2D eigenvalue weighted by Crippen LogP contribution is 2.11. The van der Waals surface area contributed by atoms with Crippen molar-refractivity contribution in [1.82, 2.24) is 15.2 Å². The Kier molecular flexibility index (Phi) is 3.80. The first-order chi connectivity index (χ1) is 8.75. The molecule has 0 unspecified atom stereocenters. The van der Waals surface area contributed by atoms with E-state index in [4.69, 9.17) is 0 Å². The van der Waals surface area contributed by atoms with Crippen LogP contribution in [-0.2, 0) is 0 Å². The first-order valence-corrected chi connectivity index (χ1v) is 5.52. The van der Waals surface area contributed by atoms with E-state index in [1.807, 2.05) is 37.3 Å². The lowest BCUT2D eigenvalue weighted by Gasteiger charge is -2.05. The van der Waals surface area contributed by atoms with Gasteiger partial charge in [0.05, 0.1) is 0 Å². The van der Waals surface area contributed by atoms with E-state index in [0.717, 1.165) is 11.8 Å². The van der Waals surface area contributed by atoms with Gasteiger partial charge in [0.15, 0.2) is 0 Å². The van der Waals surface area contributed by atoms with Crippen LogP contribution < -0.4 is 11.0 Å². The molecule has 2 N–H and O–H groups in total. The Labute approximate surface area is 104 Å². The van der Waals surface area contributed by atoms with Crippen molar-refractivity contribution in [3.05, 3.63) is 52.4 Å². The molecule has 92 valence electrons. The minimum atomic E-state index is -0.321. The summed E-state index contributed by atoms with van der Waals surface area (Å²) >= 11 is 0. The fourth-order valence-electron chi connectivity index (χ4n) is 1.42. The monoisotopic (exact) mass is 243 g/mol. The van der Waals surface area contributed by atoms with E-state index in [2.05, 4.69) is 25.7 Å². The van der Waals surface area contributed by atoms with Crippen LogP contribution in [0.15, 0.2) is 46.4 Å². The fourth-order valence-corrected chi connectivity index (χ4v) is 1.42. The number of H-pyrrole nitrogens is 1. The summed E-state index contributed by atoms with van der Waals surface area (Å²) in [5, 5.41) is 11.2. The lowest BCUT2D eigenvalue weighted by Crippen LogP contribution is -2.10. The molecule has 0 aliphatic rings. The molecule has 0 amide bonds. The van der Waals surface area contributed by atoms with Gasteiger partial charge in [0.1, 0.15) is 6.20 Å². The lowest BCUT2D eigenvalue weighted by molar-refractivity contribution is 0.935. The van der Waals surface area contributed by atoms with Crippen molar-refractivity contribution in [3.63, 3.8) is 0 Å². The van der Waals surface area contributed by atoms with Crippen LogP contribution in [0, 0.1) is 0 Å². The Morgan fingerprint density at radius 1 is 1.39 bits per heavy atom. The third-order valence-electron chi connectivity index (χ3n) is 2.37. The van der Waals surface area contributed by atoms with Crippen molar-refractivity contribution < 1.29 is 0 Å². The van der Waals surface area contributed by atoms with Crippen LogP contribution in [-0.4, -0.2) is 21.4 Å². The van der Waals surface area contributed by atoms with E-state index in [-0.39, 0.29) is 17.4 Å². The van der Waals surface area contributed by atoms with Gasteiger partial charge in [-0.2, -0.15) is 5.10 Å². The number of hydrazone groups is 1. The van der Waals surface area contributed by atoms with Gasteiger partial charge in [-0.15, -0.1) is 10.2 Å². The molecule has 0 bridgehead atoms. The van der Waals surface area contributed by atoms with Crippen LogP contribution in [0.4, 0.5) is 5.95 Å². The van der Waals surface area contributed by atoms with Crippen molar-refractivity contribution in [1.29, 1.82) is 0 Å². The number of aromatic amines is 1. The Hall–Kier alpha value is -2.50. The molecule has 6 heteroatoms. The fraction of sp³-hybridized carbons (Fsp3) is 0.167. The highest BCUT2D eigenvalue weighted by Gasteiger charge is 2.00. The third-order valence-corrected chi connectivity index (χ3v) is 2.37. The summed E-state index contributed by atoms with van der Waals surface area (Å²) < 4.78 is 0. The number of hydrogen-bond acceptors (Lipinski definition) is 5. The first-order valence-electron chi connectivity index (χ1n) is 5.52. The average molecular weight is 243 g/mol. The molecule has 1 aromatic carbocycles. The molecule has 2 aromatic rings. The number of rotatable bonds is 4. The molecule has 6 nitrogen and oxygen atoms in total. The summed E-state index contributed by atoms with van der Waals surface area (Å²) in [6.07, 6.45) is 2.84.